The van der Waals surface area contributed by atoms with Gasteiger partial charge in [-0.3, -0.25) is 19.3 Å². The van der Waals surface area contributed by atoms with Crippen molar-refractivity contribution in [3.8, 4) is 12.3 Å². The van der Waals surface area contributed by atoms with Crippen molar-refractivity contribution in [3.05, 3.63) is 22.3 Å². The van der Waals surface area contributed by atoms with Crippen LogP contribution < -0.4 is 10.6 Å². The molecule has 2 aromatic rings. The lowest BCUT2D eigenvalue weighted by Crippen LogP contribution is -2.71. The smallest absolute Gasteiger partial charge is 0.352 e. The molecule has 0 aromatic carbocycles. The summed E-state index contributed by atoms with van der Waals surface area (Å²) >= 11 is 3.57. The summed E-state index contributed by atoms with van der Waals surface area (Å²) in [6, 6.07) is -1.02. The number of terminal acetylenes is 1. The molecule has 228 valence electrons. The molecule has 19 heteroatoms. The van der Waals surface area contributed by atoms with E-state index in [0.29, 0.717) is 17.1 Å². The Kier molecular flexibility index (Phi) is 10.4. The standard InChI is InChI=1S/C24H27N9O7S3/c1-5-6-32-23(28-30-31-32)43-10-13-9-41-20-16(19(36)33(20)17(13)21(37)38)27-18(35)15(14-11-42-22(26-14)25-12-34)29-40-8-7-39-24(2,3)4/h1,11-12,16,20H,6-10H2,2-4H3,(H,27,35)(H,37,38)(H,25,26,34)/t16?,20-/m1/s1. The number of hydrogen-bond acceptors (Lipinski definition) is 14. The van der Waals surface area contributed by atoms with Gasteiger partial charge in [-0.05, 0) is 36.8 Å². The van der Waals surface area contributed by atoms with Crippen LogP contribution in [0, 0.1) is 12.3 Å². The molecule has 2 aliphatic heterocycles. The van der Waals surface area contributed by atoms with Crippen LogP contribution in [0.2, 0.25) is 0 Å². The van der Waals surface area contributed by atoms with E-state index < -0.39 is 34.8 Å². The zero-order valence-electron chi connectivity index (χ0n) is 23.2. The fourth-order valence-electron chi connectivity index (χ4n) is 3.84. The maximum atomic E-state index is 13.3. The molecule has 0 aliphatic carbocycles. The molecular weight excluding hydrogens is 623 g/mol. The topological polar surface area (TPSA) is 203 Å². The van der Waals surface area contributed by atoms with Gasteiger partial charge in [-0.15, -0.1) is 34.6 Å². The number of β-lactam (4-membered cyclic amide) rings is 1. The van der Waals surface area contributed by atoms with Crippen LogP contribution in [-0.2, 0) is 35.3 Å². The van der Waals surface area contributed by atoms with E-state index in [1.54, 1.807) is 0 Å². The summed E-state index contributed by atoms with van der Waals surface area (Å²) in [5, 5.41) is 31.7. The van der Waals surface area contributed by atoms with Crippen LogP contribution in [-0.4, -0.2) is 107 Å². The van der Waals surface area contributed by atoms with Crippen molar-refractivity contribution in [3.63, 3.8) is 0 Å². The van der Waals surface area contributed by atoms with Crippen molar-refractivity contribution in [2.45, 2.75) is 49.5 Å². The van der Waals surface area contributed by atoms with Gasteiger partial charge in [0.25, 0.3) is 11.8 Å². The molecular formula is C24H27N9O7S3. The number of oxime groups is 1. The van der Waals surface area contributed by atoms with E-state index in [2.05, 4.69) is 42.2 Å². The summed E-state index contributed by atoms with van der Waals surface area (Å²) in [6.07, 6.45) is 5.78. The van der Waals surface area contributed by atoms with Gasteiger partial charge in [0.1, 0.15) is 36.0 Å². The number of carbonyl (C=O) groups excluding carboxylic acids is 3. The predicted molar refractivity (Wildman–Crippen MR) is 157 cm³/mol. The SMILES string of the molecule is C#CCn1nnnc1SCC1=C(C(=O)O)N2C(=O)C(NC(=O)C(=NOCCOC(C)(C)C)c3csc(NC=O)n3)[C@H]2SC1. The van der Waals surface area contributed by atoms with Crippen LogP contribution in [0.1, 0.15) is 26.5 Å². The number of tetrazole rings is 1. The average Bonchev–Trinajstić information content (AvgIpc) is 3.61. The minimum atomic E-state index is -1.27. The van der Waals surface area contributed by atoms with Crippen LogP contribution >= 0.6 is 34.9 Å². The highest BCUT2D eigenvalue weighted by Gasteiger charge is 2.54. The lowest BCUT2D eigenvalue weighted by Gasteiger charge is -2.49. The summed E-state index contributed by atoms with van der Waals surface area (Å²) < 4.78 is 7.00. The second-order valence-corrected chi connectivity index (χ2v) is 12.7. The van der Waals surface area contributed by atoms with Crippen molar-refractivity contribution in [2.24, 2.45) is 5.16 Å². The molecule has 0 radical (unpaired) electrons. The zero-order chi connectivity index (χ0) is 31.1. The molecule has 1 unspecified atom stereocenters. The predicted octanol–water partition coefficient (Wildman–Crippen LogP) is 0.398. The van der Waals surface area contributed by atoms with Gasteiger partial charge in [0, 0.05) is 16.9 Å². The Morgan fingerprint density at radius 1 is 1.37 bits per heavy atom. The fourth-order valence-corrected chi connectivity index (χ4v) is 6.86. The van der Waals surface area contributed by atoms with E-state index in [4.69, 9.17) is 16.0 Å². The summed E-state index contributed by atoms with van der Waals surface area (Å²) in [6.45, 7) is 6.04. The Hall–Kier alpha value is -3.99. The van der Waals surface area contributed by atoms with E-state index in [0.717, 1.165) is 16.2 Å². The minimum absolute atomic E-state index is 0.0366. The number of amides is 3. The molecule has 2 atom stereocenters. The second kappa shape index (κ2) is 14.0. The highest BCUT2D eigenvalue weighted by Crippen LogP contribution is 2.41. The molecule has 3 amide bonds. The van der Waals surface area contributed by atoms with Gasteiger partial charge in [0.05, 0.1) is 12.2 Å². The van der Waals surface area contributed by atoms with Crippen LogP contribution in [0.15, 0.2) is 27.0 Å². The van der Waals surface area contributed by atoms with Crippen molar-refractivity contribution in [1.82, 2.24) is 35.4 Å². The highest BCUT2D eigenvalue weighted by atomic mass is 32.2. The number of hydrogen-bond donors (Lipinski definition) is 3. The summed E-state index contributed by atoms with van der Waals surface area (Å²) in [5.74, 6) is 0.308. The number of carboxylic acids is 1. The number of carbonyl (C=O) groups is 4. The molecule has 0 spiro atoms. The molecule has 2 aliphatic rings. The number of nitrogens with zero attached hydrogens (tertiary/aromatic N) is 7. The first-order chi connectivity index (χ1) is 20.5. The van der Waals surface area contributed by atoms with Gasteiger partial charge in [-0.1, -0.05) is 22.8 Å². The highest BCUT2D eigenvalue weighted by molar-refractivity contribution is 8.01. The largest absolute Gasteiger partial charge is 0.477 e. The number of anilines is 1. The van der Waals surface area contributed by atoms with Gasteiger partial charge in [-0.2, -0.15) is 0 Å². The van der Waals surface area contributed by atoms with E-state index in [-0.39, 0.29) is 53.5 Å². The number of carboxylic acid groups (broad SMARTS) is 1. The van der Waals surface area contributed by atoms with E-state index >= 15 is 0 Å². The fraction of sp³-hybridized carbons (Fsp3) is 0.458. The molecule has 4 heterocycles. The number of thioether (sulfide) groups is 2. The summed E-state index contributed by atoms with van der Waals surface area (Å²) in [4.78, 5) is 60.2. The Labute approximate surface area is 258 Å². The molecule has 1 fully saturated rings. The first-order valence-corrected chi connectivity index (χ1v) is 15.5. The van der Waals surface area contributed by atoms with Crippen LogP contribution in [0.5, 0.6) is 0 Å². The normalized spacial score (nSPS) is 18.4. The van der Waals surface area contributed by atoms with Gasteiger partial charge in [0.2, 0.25) is 11.6 Å². The minimum Gasteiger partial charge on any atom is -0.477 e. The molecule has 16 nitrogen and oxygen atoms in total. The van der Waals surface area contributed by atoms with Crippen molar-refractivity contribution < 1.29 is 33.9 Å². The van der Waals surface area contributed by atoms with E-state index in [1.807, 2.05) is 20.8 Å². The maximum absolute atomic E-state index is 13.3. The van der Waals surface area contributed by atoms with Crippen LogP contribution in [0.4, 0.5) is 5.13 Å². The Balaban J connectivity index is 1.47. The first kappa shape index (κ1) is 31.9. The molecule has 2 aromatic heterocycles. The Morgan fingerprint density at radius 3 is 2.86 bits per heavy atom. The quantitative estimate of drug-likeness (QED) is 0.0483. The third kappa shape index (κ3) is 7.70. The van der Waals surface area contributed by atoms with Crippen molar-refractivity contribution in [2.75, 3.05) is 30.0 Å². The van der Waals surface area contributed by atoms with Crippen molar-refractivity contribution in [1.29, 1.82) is 0 Å². The molecule has 0 bridgehead atoms. The van der Waals surface area contributed by atoms with E-state index in [1.165, 1.54) is 33.6 Å². The lowest BCUT2D eigenvalue weighted by atomic mass is 10.0. The number of nitrogens with one attached hydrogen (secondary N) is 2. The monoisotopic (exact) mass is 649 g/mol. The van der Waals surface area contributed by atoms with E-state index in [9.17, 15) is 24.3 Å². The molecule has 3 N–H and O–H groups in total. The number of thiazole rings is 1. The maximum Gasteiger partial charge on any atom is 0.352 e. The molecule has 1 saturated heterocycles. The number of fused-ring (bicyclic) bond motifs is 1. The van der Waals surface area contributed by atoms with Gasteiger partial charge < -0.3 is 25.3 Å². The van der Waals surface area contributed by atoms with Gasteiger partial charge >= 0.3 is 5.97 Å². The van der Waals surface area contributed by atoms with Crippen molar-refractivity contribution >= 4 is 69.9 Å². The van der Waals surface area contributed by atoms with Crippen LogP contribution in [0.3, 0.4) is 0 Å². The third-order valence-corrected chi connectivity index (χ3v) is 8.82. The molecule has 4 rings (SSSR count). The second-order valence-electron chi connectivity index (χ2n) is 9.76. The van der Waals surface area contributed by atoms with Crippen LogP contribution in [0.25, 0.3) is 0 Å². The van der Waals surface area contributed by atoms with Gasteiger partial charge in [0.15, 0.2) is 10.8 Å². The Morgan fingerprint density at radius 2 is 2.16 bits per heavy atom. The zero-order valence-corrected chi connectivity index (χ0v) is 25.6. The molecule has 43 heavy (non-hydrogen) atoms. The average molecular weight is 650 g/mol. The number of rotatable bonds is 14. The molecule has 0 saturated carbocycles. The summed E-state index contributed by atoms with van der Waals surface area (Å²) in [5.41, 5.74) is -0.165. The van der Waals surface area contributed by atoms with Gasteiger partial charge in [-0.25, -0.2) is 14.5 Å². The first-order valence-electron chi connectivity index (χ1n) is 12.6. The number of aromatic nitrogens is 5. The third-order valence-electron chi connectivity index (χ3n) is 5.66. The number of aliphatic carboxylic acids is 1. The Bertz CT molecular complexity index is 1490. The number of ether oxygens (including phenoxy) is 1. The lowest BCUT2D eigenvalue weighted by molar-refractivity contribution is -0.150. The summed E-state index contributed by atoms with van der Waals surface area (Å²) in [7, 11) is 0.